The van der Waals surface area contributed by atoms with Crippen LogP contribution in [0.5, 0.6) is 0 Å². The van der Waals surface area contributed by atoms with Gasteiger partial charge in [0.15, 0.2) is 5.76 Å². The fourth-order valence-corrected chi connectivity index (χ4v) is 2.68. The Morgan fingerprint density at radius 1 is 1.29 bits per heavy atom. The largest absolute Gasteiger partial charge is 0.444 e. The molecule has 0 saturated carbocycles. The van der Waals surface area contributed by atoms with Crippen LogP contribution >= 0.6 is 0 Å². The fourth-order valence-electron chi connectivity index (χ4n) is 2.68. The summed E-state index contributed by atoms with van der Waals surface area (Å²) in [6, 6.07) is 7.35. The molecule has 0 saturated heterocycles. The molecule has 28 heavy (non-hydrogen) atoms. The second-order valence-electron chi connectivity index (χ2n) is 8.15. The minimum absolute atomic E-state index is 0.0516. The monoisotopic (exact) mass is 387 g/mol. The summed E-state index contributed by atoms with van der Waals surface area (Å²) in [6.45, 7) is 11.5. The predicted octanol–water partition coefficient (Wildman–Crippen LogP) is 4.73. The molecule has 7 heteroatoms. The van der Waals surface area contributed by atoms with Crippen molar-refractivity contribution in [3.63, 3.8) is 0 Å². The Morgan fingerprint density at radius 2 is 1.96 bits per heavy atom. The zero-order valence-corrected chi connectivity index (χ0v) is 17.6. The standard InChI is InChI=1S/C21H29N3O4/c1-13(2)18-17(14(3)23-28-18)19(25)22-16-10-8-9-15(11-16)12-24(7)20(26)27-21(4,5)6/h8-11,13H,12H2,1-7H3,(H,22,25). The lowest BCUT2D eigenvalue weighted by Gasteiger charge is -2.24. The van der Waals surface area contributed by atoms with E-state index < -0.39 is 11.7 Å². The van der Waals surface area contributed by atoms with E-state index in [0.29, 0.717) is 29.2 Å². The molecule has 0 unspecified atom stereocenters. The second kappa shape index (κ2) is 8.46. The maximum atomic E-state index is 12.7. The Balaban J connectivity index is 2.10. The third-order valence-electron chi connectivity index (χ3n) is 3.95. The summed E-state index contributed by atoms with van der Waals surface area (Å²) < 4.78 is 10.7. The van der Waals surface area contributed by atoms with Gasteiger partial charge in [0.1, 0.15) is 11.2 Å². The molecule has 2 rings (SSSR count). The maximum absolute atomic E-state index is 12.7. The Hall–Kier alpha value is -2.83. The highest BCUT2D eigenvalue weighted by atomic mass is 16.6. The number of anilines is 1. The van der Waals surface area contributed by atoms with Gasteiger partial charge in [-0.1, -0.05) is 31.1 Å². The molecule has 0 radical (unpaired) electrons. The lowest BCUT2D eigenvalue weighted by Crippen LogP contribution is -2.33. The van der Waals surface area contributed by atoms with Crippen molar-refractivity contribution in [2.24, 2.45) is 0 Å². The van der Waals surface area contributed by atoms with E-state index in [-0.39, 0.29) is 11.8 Å². The lowest BCUT2D eigenvalue weighted by molar-refractivity contribution is 0.0285. The van der Waals surface area contributed by atoms with Gasteiger partial charge in [0.05, 0.1) is 5.69 Å². The van der Waals surface area contributed by atoms with Crippen LogP contribution in [0.15, 0.2) is 28.8 Å². The summed E-state index contributed by atoms with van der Waals surface area (Å²) in [5, 5.41) is 6.80. The molecule has 0 spiro atoms. The van der Waals surface area contributed by atoms with Crippen LogP contribution in [0.2, 0.25) is 0 Å². The van der Waals surface area contributed by atoms with E-state index in [1.807, 2.05) is 52.8 Å². The van der Waals surface area contributed by atoms with Gasteiger partial charge in [-0.25, -0.2) is 4.79 Å². The molecule has 7 nitrogen and oxygen atoms in total. The Kier molecular flexibility index (Phi) is 6.48. The molecule has 0 aliphatic rings. The molecule has 1 heterocycles. The van der Waals surface area contributed by atoms with Gasteiger partial charge in [-0.15, -0.1) is 0 Å². The first kappa shape index (κ1) is 21.5. The topological polar surface area (TPSA) is 84.7 Å². The average molecular weight is 387 g/mol. The molecule has 152 valence electrons. The maximum Gasteiger partial charge on any atom is 0.410 e. The van der Waals surface area contributed by atoms with Crippen LogP contribution < -0.4 is 5.32 Å². The molecule has 1 N–H and O–H groups in total. The Labute approximate surface area is 166 Å². The number of aryl methyl sites for hydroxylation is 1. The second-order valence-corrected chi connectivity index (χ2v) is 8.15. The molecule has 0 fully saturated rings. The van der Waals surface area contributed by atoms with Crippen LogP contribution in [-0.4, -0.2) is 34.7 Å². The zero-order valence-electron chi connectivity index (χ0n) is 17.6. The van der Waals surface area contributed by atoms with Crippen LogP contribution in [0, 0.1) is 6.92 Å². The third-order valence-corrected chi connectivity index (χ3v) is 3.95. The molecular formula is C21H29N3O4. The summed E-state index contributed by atoms with van der Waals surface area (Å²) in [4.78, 5) is 26.4. The summed E-state index contributed by atoms with van der Waals surface area (Å²) >= 11 is 0. The van der Waals surface area contributed by atoms with E-state index in [1.54, 1.807) is 20.0 Å². The zero-order chi connectivity index (χ0) is 21.1. The van der Waals surface area contributed by atoms with Crippen molar-refractivity contribution >= 4 is 17.7 Å². The highest BCUT2D eigenvalue weighted by Crippen LogP contribution is 2.24. The number of aromatic nitrogens is 1. The third kappa shape index (κ3) is 5.58. The first-order valence-electron chi connectivity index (χ1n) is 9.28. The number of nitrogens with zero attached hydrogens (tertiary/aromatic N) is 2. The summed E-state index contributed by atoms with van der Waals surface area (Å²) in [6.07, 6.45) is -0.399. The molecule has 1 aromatic heterocycles. The van der Waals surface area contributed by atoms with Gasteiger partial charge in [-0.05, 0) is 45.4 Å². The predicted molar refractivity (Wildman–Crippen MR) is 107 cm³/mol. The molecule has 0 bridgehead atoms. The van der Waals surface area contributed by atoms with E-state index in [0.717, 1.165) is 5.56 Å². The number of hydrogen-bond donors (Lipinski definition) is 1. The Bertz CT molecular complexity index is 850. The SMILES string of the molecule is Cc1noc(C(C)C)c1C(=O)Nc1cccc(CN(C)C(=O)OC(C)(C)C)c1. The van der Waals surface area contributed by atoms with E-state index in [1.165, 1.54) is 4.90 Å². The number of hydrogen-bond acceptors (Lipinski definition) is 5. The average Bonchev–Trinajstić information content (AvgIpc) is 2.95. The first-order valence-corrected chi connectivity index (χ1v) is 9.28. The summed E-state index contributed by atoms with van der Waals surface area (Å²) in [5.74, 6) is 0.353. The van der Waals surface area contributed by atoms with Gasteiger partial charge in [0, 0.05) is 25.2 Å². The van der Waals surface area contributed by atoms with Crippen molar-refractivity contribution in [2.75, 3.05) is 12.4 Å². The van der Waals surface area contributed by atoms with E-state index in [4.69, 9.17) is 9.26 Å². The van der Waals surface area contributed by atoms with Gasteiger partial charge in [-0.3, -0.25) is 4.79 Å². The number of rotatable bonds is 5. The van der Waals surface area contributed by atoms with Crippen LogP contribution in [0.3, 0.4) is 0 Å². The van der Waals surface area contributed by atoms with Crippen molar-refractivity contribution < 1.29 is 18.8 Å². The van der Waals surface area contributed by atoms with Crippen molar-refractivity contribution in [1.29, 1.82) is 0 Å². The van der Waals surface area contributed by atoms with Crippen molar-refractivity contribution in [2.45, 2.75) is 59.6 Å². The molecule has 2 amide bonds. The lowest BCUT2D eigenvalue weighted by atomic mass is 10.0. The highest BCUT2D eigenvalue weighted by Gasteiger charge is 2.23. The number of carbonyl (C=O) groups excluding carboxylic acids is 2. The molecular weight excluding hydrogens is 358 g/mol. The van der Waals surface area contributed by atoms with Crippen LogP contribution in [0.4, 0.5) is 10.5 Å². The smallest absolute Gasteiger partial charge is 0.410 e. The molecule has 0 aliphatic carbocycles. The van der Waals surface area contributed by atoms with Gasteiger partial charge < -0.3 is 19.5 Å². The number of benzene rings is 1. The van der Waals surface area contributed by atoms with E-state index in [9.17, 15) is 9.59 Å². The molecule has 1 aromatic carbocycles. The first-order chi connectivity index (χ1) is 13.0. The summed E-state index contributed by atoms with van der Waals surface area (Å²) in [5.41, 5.74) is 1.98. The quantitative estimate of drug-likeness (QED) is 0.802. The molecule has 0 aliphatic heterocycles. The van der Waals surface area contributed by atoms with Crippen molar-refractivity contribution in [1.82, 2.24) is 10.1 Å². The minimum Gasteiger partial charge on any atom is -0.444 e. The normalized spacial score (nSPS) is 11.4. The fraction of sp³-hybridized carbons (Fsp3) is 0.476. The summed E-state index contributed by atoms with van der Waals surface area (Å²) in [7, 11) is 1.68. The molecule has 2 aromatic rings. The minimum atomic E-state index is -0.550. The number of ether oxygens (including phenoxy) is 1. The van der Waals surface area contributed by atoms with E-state index >= 15 is 0 Å². The van der Waals surface area contributed by atoms with Crippen molar-refractivity contribution in [3.8, 4) is 0 Å². The molecule has 0 atom stereocenters. The Morgan fingerprint density at radius 3 is 2.57 bits per heavy atom. The van der Waals surface area contributed by atoms with Crippen LogP contribution in [-0.2, 0) is 11.3 Å². The van der Waals surface area contributed by atoms with Gasteiger partial charge in [-0.2, -0.15) is 0 Å². The number of nitrogens with one attached hydrogen (secondary N) is 1. The van der Waals surface area contributed by atoms with Crippen LogP contribution in [0.25, 0.3) is 0 Å². The number of amides is 2. The number of carbonyl (C=O) groups is 2. The van der Waals surface area contributed by atoms with Gasteiger partial charge in [0.25, 0.3) is 5.91 Å². The van der Waals surface area contributed by atoms with Crippen LogP contribution in [0.1, 0.15) is 67.9 Å². The van der Waals surface area contributed by atoms with Gasteiger partial charge >= 0.3 is 6.09 Å². The highest BCUT2D eigenvalue weighted by molar-refractivity contribution is 6.05. The van der Waals surface area contributed by atoms with Gasteiger partial charge in [0.2, 0.25) is 0 Å². The van der Waals surface area contributed by atoms with E-state index in [2.05, 4.69) is 10.5 Å². The van der Waals surface area contributed by atoms with Crippen molar-refractivity contribution in [3.05, 3.63) is 46.8 Å².